The van der Waals surface area contributed by atoms with Gasteiger partial charge in [-0.25, -0.2) is 0 Å². The molecule has 38 heavy (non-hydrogen) atoms. The molecule has 0 unspecified atom stereocenters. The second-order valence-electron chi connectivity index (χ2n) is 10.6. The Balaban J connectivity index is 1.43. The number of likely N-dealkylation sites (tertiary alicyclic amines) is 1. The van der Waals surface area contributed by atoms with Crippen molar-refractivity contribution < 1.29 is 19.0 Å². The summed E-state index contributed by atoms with van der Waals surface area (Å²) in [4.78, 5) is 2.40. The molecule has 0 saturated carbocycles. The third-order valence-corrected chi connectivity index (χ3v) is 8.21. The van der Waals surface area contributed by atoms with Crippen LogP contribution in [0.1, 0.15) is 59.9 Å². The molecule has 1 heterocycles. The number of nitrogens with zero attached hydrogens (tertiary/aromatic N) is 1. The van der Waals surface area contributed by atoms with Crippen molar-refractivity contribution in [2.75, 3.05) is 26.4 Å². The van der Waals surface area contributed by atoms with Crippen molar-refractivity contribution in [3.8, 4) is 22.6 Å². The van der Waals surface area contributed by atoms with Gasteiger partial charge in [0.2, 0.25) is 0 Å². The fourth-order valence-corrected chi connectivity index (χ4v) is 6.06. The Bertz CT molecular complexity index is 1210. The van der Waals surface area contributed by atoms with Crippen molar-refractivity contribution in [1.82, 2.24) is 4.90 Å². The standard InChI is InChI=1S/C33H40FNO3/c1-24-26(12-7-14-28(24)25-10-3-2-4-11-25)23-38-32-20-33(37-19-9-17-34)31(29-15-8-16-30(29)32)21-35-18-6-5-13-27(35)22-36/h2-4,7,10-12,14,20,27,36H,5-6,8-9,13,15-19,21-23H2,1H3/t27-/m0/s1. The monoisotopic (exact) mass is 517 g/mol. The highest BCUT2D eigenvalue weighted by atomic mass is 19.1. The number of fused-ring (bicyclic) bond motifs is 1. The molecule has 0 bridgehead atoms. The van der Waals surface area contributed by atoms with Crippen LogP contribution in [0.3, 0.4) is 0 Å². The van der Waals surface area contributed by atoms with Crippen LogP contribution in [-0.4, -0.2) is 42.5 Å². The molecule has 4 nitrogen and oxygen atoms in total. The van der Waals surface area contributed by atoms with Gasteiger partial charge in [-0.2, -0.15) is 0 Å². The quantitative estimate of drug-likeness (QED) is 0.284. The first-order valence-electron chi connectivity index (χ1n) is 14.2. The zero-order valence-corrected chi connectivity index (χ0v) is 22.6. The predicted molar refractivity (Wildman–Crippen MR) is 151 cm³/mol. The molecule has 1 fully saturated rings. The average Bonchev–Trinajstić information content (AvgIpc) is 3.45. The second-order valence-corrected chi connectivity index (χ2v) is 10.6. The van der Waals surface area contributed by atoms with E-state index in [-0.39, 0.29) is 19.3 Å². The fourth-order valence-electron chi connectivity index (χ4n) is 6.06. The zero-order valence-electron chi connectivity index (χ0n) is 22.6. The number of halogens is 1. The maximum atomic E-state index is 12.9. The SMILES string of the molecule is Cc1c(COc2cc(OCCCF)c(CN3CCCC[C@H]3CO)c3c2CCC3)cccc1-c1ccccc1. The third kappa shape index (κ3) is 5.89. The predicted octanol–water partition coefficient (Wildman–Crippen LogP) is 6.81. The van der Waals surface area contributed by atoms with Crippen LogP contribution in [0.5, 0.6) is 11.5 Å². The van der Waals surface area contributed by atoms with E-state index in [1.165, 1.54) is 38.9 Å². The van der Waals surface area contributed by atoms with E-state index in [0.29, 0.717) is 19.6 Å². The summed E-state index contributed by atoms with van der Waals surface area (Å²) in [6.07, 6.45) is 6.81. The van der Waals surface area contributed by atoms with Crippen LogP contribution < -0.4 is 9.47 Å². The van der Waals surface area contributed by atoms with Gasteiger partial charge in [-0.3, -0.25) is 9.29 Å². The van der Waals surface area contributed by atoms with Gasteiger partial charge in [0.05, 0.1) is 19.9 Å². The number of ether oxygens (including phenoxy) is 2. The maximum Gasteiger partial charge on any atom is 0.127 e. The number of hydrogen-bond acceptors (Lipinski definition) is 4. The Morgan fingerprint density at radius 3 is 2.61 bits per heavy atom. The maximum absolute atomic E-state index is 12.9. The molecule has 1 aliphatic heterocycles. The van der Waals surface area contributed by atoms with Crippen molar-refractivity contribution in [3.63, 3.8) is 0 Å². The van der Waals surface area contributed by atoms with Crippen LogP contribution in [0.15, 0.2) is 54.6 Å². The topological polar surface area (TPSA) is 41.9 Å². The van der Waals surface area contributed by atoms with E-state index < -0.39 is 0 Å². The molecule has 5 heteroatoms. The minimum Gasteiger partial charge on any atom is -0.493 e. The summed E-state index contributed by atoms with van der Waals surface area (Å²) >= 11 is 0. The fraction of sp³-hybridized carbons (Fsp3) is 0.455. The molecule has 0 amide bonds. The Hall–Kier alpha value is -2.89. The van der Waals surface area contributed by atoms with Crippen LogP contribution in [0.4, 0.5) is 4.39 Å². The van der Waals surface area contributed by atoms with Gasteiger partial charge in [-0.15, -0.1) is 0 Å². The van der Waals surface area contributed by atoms with Gasteiger partial charge in [0.1, 0.15) is 18.1 Å². The number of aliphatic hydroxyl groups excluding tert-OH is 1. The molecule has 0 radical (unpaired) electrons. The summed E-state index contributed by atoms with van der Waals surface area (Å²) in [7, 11) is 0. The van der Waals surface area contributed by atoms with Crippen LogP contribution in [0.25, 0.3) is 11.1 Å². The van der Waals surface area contributed by atoms with Crippen molar-refractivity contribution >= 4 is 0 Å². The summed E-state index contributed by atoms with van der Waals surface area (Å²) < 4.78 is 25.7. The van der Waals surface area contributed by atoms with Crippen molar-refractivity contribution in [2.45, 2.75) is 71.1 Å². The van der Waals surface area contributed by atoms with Crippen LogP contribution in [0.2, 0.25) is 0 Å². The first kappa shape index (κ1) is 26.7. The summed E-state index contributed by atoms with van der Waals surface area (Å²) in [6.45, 7) is 4.54. The molecule has 1 aliphatic carbocycles. The molecular formula is C33H40FNO3. The average molecular weight is 518 g/mol. The molecule has 5 rings (SSSR count). The molecule has 0 spiro atoms. The van der Waals surface area contributed by atoms with Gasteiger partial charge in [-0.1, -0.05) is 55.0 Å². The normalized spacial score (nSPS) is 17.4. The summed E-state index contributed by atoms with van der Waals surface area (Å²) in [6, 6.07) is 19.1. The molecule has 3 aromatic rings. The first-order chi connectivity index (χ1) is 18.7. The van der Waals surface area contributed by atoms with Crippen LogP contribution >= 0.6 is 0 Å². The largest absolute Gasteiger partial charge is 0.493 e. The number of aliphatic hydroxyl groups is 1. The van der Waals surface area contributed by atoms with E-state index in [9.17, 15) is 9.50 Å². The van der Waals surface area contributed by atoms with Crippen molar-refractivity contribution in [1.29, 1.82) is 0 Å². The van der Waals surface area contributed by atoms with Gasteiger partial charge < -0.3 is 14.6 Å². The van der Waals surface area contributed by atoms with Gasteiger partial charge >= 0.3 is 0 Å². The molecular weight excluding hydrogens is 477 g/mol. The summed E-state index contributed by atoms with van der Waals surface area (Å²) in [5.41, 5.74) is 8.64. The molecule has 1 atom stereocenters. The first-order valence-corrected chi connectivity index (χ1v) is 14.2. The Morgan fingerprint density at radius 2 is 1.79 bits per heavy atom. The highest BCUT2D eigenvalue weighted by Crippen LogP contribution is 2.41. The van der Waals surface area contributed by atoms with Gasteiger partial charge in [0.15, 0.2) is 0 Å². The summed E-state index contributed by atoms with van der Waals surface area (Å²) in [5.74, 6) is 1.70. The molecule has 3 aromatic carbocycles. The Morgan fingerprint density at radius 1 is 0.947 bits per heavy atom. The molecule has 1 N–H and O–H groups in total. The number of piperidine rings is 1. The zero-order chi connectivity index (χ0) is 26.3. The number of benzene rings is 3. The number of rotatable bonds is 11. The van der Waals surface area contributed by atoms with Gasteiger partial charge in [0.25, 0.3) is 0 Å². The van der Waals surface area contributed by atoms with Gasteiger partial charge in [0, 0.05) is 30.6 Å². The molecule has 0 aromatic heterocycles. The smallest absolute Gasteiger partial charge is 0.127 e. The minimum atomic E-state index is -0.390. The molecule has 1 saturated heterocycles. The van der Waals surface area contributed by atoms with Crippen LogP contribution in [-0.2, 0) is 26.0 Å². The lowest BCUT2D eigenvalue weighted by Gasteiger charge is -2.35. The second kappa shape index (κ2) is 12.8. The van der Waals surface area contributed by atoms with E-state index in [2.05, 4.69) is 54.3 Å². The lowest BCUT2D eigenvalue weighted by atomic mass is 9.96. The molecule has 202 valence electrons. The third-order valence-electron chi connectivity index (χ3n) is 8.21. The van der Waals surface area contributed by atoms with E-state index in [4.69, 9.17) is 9.47 Å². The van der Waals surface area contributed by atoms with Crippen molar-refractivity contribution in [3.05, 3.63) is 82.4 Å². The van der Waals surface area contributed by atoms with E-state index in [0.717, 1.165) is 63.1 Å². The van der Waals surface area contributed by atoms with Gasteiger partial charge in [-0.05, 0) is 79.0 Å². The summed E-state index contributed by atoms with van der Waals surface area (Å²) in [5, 5.41) is 9.98. The lowest BCUT2D eigenvalue weighted by molar-refractivity contribution is 0.0829. The minimum absolute atomic E-state index is 0.183. The lowest BCUT2D eigenvalue weighted by Crippen LogP contribution is -2.41. The highest BCUT2D eigenvalue weighted by Gasteiger charge is 2.28. The van der Waals surface area contributed by atoms with E-state index >= 15 is 0 Å². The highest BCUT2D eigenvalue weighted by molar-refractivity contribution is 5.68. The van der Waals surface area contributed by atoms with E-state index in [1.54, 1.807) is 0 Å². The Kier molecular flexibility index (Phi) is 8.98. The Labute approximate surface area is 226 Å². The number of hydrogen-bond donors (Lipinski definition) is 1. The number of alkyl halides is 1. The van der Waals surface area contributed by atoms with Crippen molar-refractivity contribution in [2.24, 2.45) is 0 Å². The van der Waals surface area contributed by atoms with E-state index in [1.807, 2.05) is 12.1 Å². The molecule has 2 aliphatic rings. The van der Waals surface area contributed by atoms with Crippen LogP contribution in [0, 0.1) is 6.92 Å².